The predicted octanol–water partition coefficient (Wildman–Crippen LogP) is 3.58. The van der Waals surface area contributed by atoms with E-state index in [4.69, 9.17) is 5.73 Å². The van der Waals surface area contributed by atoms with Gasteiger partial charge in [-0.15, -0.1) is 0 Å². The SMILES string of the molecule is NC(CCC(=O)NCc1ccccc1NS(=O)(=O)c1ccccc1)c1ccccc1. The number of carbonyl (C=O) groups is 1. The van der Waals surface area contributed by atoms with Gasteiger partial charge in [0, 0.05) is 19.0 Å². The van der Waals surface area contributed by atoms with Gasteiger partial charge < -0.3 is 11.1 Å². The zero-order valence-corrected chi connectivity index (χ0v) is 17.3. The number of hydrogen-bond acceptors (Lipinski definition) is 4. The zero-order valence-electron chi connectivity index (χ0n) is 16.5. The Kier molecular flexibility index (Phi) is 7.21. The highest BCUT2D eigenvalue weighted by Gasteiger charge is 2.16. The summed E-state index contributed by atoms with van der Waals surface area (Å²) in [5.74, 6) is -0.137. The summed E-state index contributed by atoms with van der Waals surface area (Å²) in [7, 11) is -3.71. The molecule has 0 fully saturated rings. The summed E-state index contributed by atoms with van der Waals surface area (Å²) in [5, 5.41) is 2.84. The molecule has 1 atom stereocenters. The standard InChI is InChI=1S/C23H25N3O3S/c24-21(18-9-3-1-4-10-18)15-16-23(27)25-17-19-11-7-8-14-22(19)26-30(28,29)20-12-5-2-6-13-20/h1-14,21,26H,15-17,24H2,(H,25,27). The lowest BCUT2D eigenvalue weighted by Gasteiger charge is -2.14. The van der Waals surface area contributed by atoms with Gasteiger partial charge in [-0.25, -0.2) is 8.42 Å². The van der Waals surface area contributed by atoms with Crippen LogP contribution in [0.2, 0.25) is 0 Å². The number of benzene rings is 3. The Hall–Kier alpha value is -3.16. The second-order valence-electron chi connectivity index (χ2n) is 6.91. The maximum Gasteiger partial charge on any atom is 0.261 e. The average molecular weight is 424 g/mol. The van der Waals surface area contributed by atoms with Crippen LogP contribution in [-0.2, 0) is 21.4 Å². The summed E-state index contributed by atoms with van der Waals surface area (Å²) in [4.78, 5) is 12.4. The molecule has 1 unspecified atom stereocenters. The highest BCUT2D eigenvalue weighted by atomic mass is 32.2. The minimum Gasteiger partial charge on any atom is -0.352 e. The van der Waals surface area contributed by atoms with Gasteiger partial charge in [0.1, 0.15) is 0 Å². The van der Waals surface area contributed by atoms with Crippen molar-refractivity contribution in [3.05, 3.63) is 96.1 Å². The van der Waals surface area contributed by atoms with Crippen molar-refractivity contribution in [3.8, 4) is 0 Å². The quantitative estimate of drug-likeness (QED) is 0.490. The van der Waals surface area contributed by atoms with Crippen LogP contribution in [0.5, 0.6) is 0 Å². The third-order valence-electron chi connectivity index (χ3n) is 4.70. The Balaban J connectivity index is 1.58. The molecule has 0 heterocycles. The number of rotatable bonds is 9. The summed E-state index contributed by atoms with van der Waals surface area (Å²) in [6.45, 7) is 0.215. The first-order valence-corrected chi connectivity index (χ1v) is 11.2. The average Bonchev–Trinajstić information content (AvgIpc) is 2.78. The van der Waals surface area contributed by atoms with Crippen LogP contribution in [0.1, 0.15) is 30.0 Å². The molecule has 0 bridgehead atoms. The van der Waals surface area contributed by atoms with Crippen molar-refractivity contribution in [1.29, 1.82) is 0 Å². The molecule has 0 spiro atoms. The van der Waals surface area contributed by atoms with Gasteiger partial charge in [0.25, 0.3) is 10.0 Å². The number of para-hydroxylation sites is 1. The number of hydrogen-bond donors (Lipinski definition) is 3. The van der Waals surface area contributed by atoms with E-state index in [2.05, 4.69) is 10.0 Å². The lowest BCUT2D eigenvalue weighted by molar-refractivity contribution is -0.121. The molecule has 30 heavy (non-hydrogen) atoms. The van der Waals surface area contributed by atoms with E-state index < -0.39 is 10.0 Å². The number of amides is 1. The van der Waals surface area contributed by atoms with Crippen LogP contribution in [0.4, 0.5) is 5.69 Å². The van der Waals surface area contributed by atoms with Gasteiger partial charge in [-0.05, 0) is 35.7 Å². The maximum atomic E-state index is 12.6. The van der Waals surface area contributed by atoms with E-state index in [9.17, 15) is 13.2 Å². The van der Waals surface area contributed by atoms with Gasteiger partial charge in [-0.3, -0.25) is 9.52 Å². The molecule has 156 valence electrons. The summed E-state index contributed by atoms with van der Waals surface area (Å²) in [5.41, 5.74) is 8.25. The molecule has 1 amide bonds. The monoisotopic (exact) mass is 423 g/mol. The van der Waals surface area contributed by atoms with Crippen LogP contribution in [0.3, 0.4) is 0 Å². The minimum absolute atomic E-state index is 0.137. The largest absolute Gasteiger partial charge is 0.352 e. The van der Waals surface area contributed by atoms with Crippen molar-refractivity contribution in [2.24, 2.45) is 5.73 Å². The fraction of sp³-hybridized carbons (Fsp3) is 0.174. The number of nitrogens with one attached hydrogen (secondary N) is 2. The summed E-state index contributed by atoms with van der Waals surface area (Å²) < 4.78 is 27.8. The Bertz CT molecular complexity index is 1070. The van der Waals surface area contributed by atoms with Gasteiger partial charge in [-0.2, -0.15) is 0 Å². The highest BCUT2D eigenvalue weighted by Crippen LogP contribution is 2.20. The lowest BCUT2D eigenvalue weighted by atomic mass is 10.0. The van der Waals surface area contributed by atoms with E-state index in [1.54, 1.807) is 42.5 Å². The molecule has 0 aliphatic rings. The van der Waals surface area contributed by atoms with Crippen LogP contribution in [0.15, 0.2) is 89.8 Å². The number of carbonyl (C=O) groups excluding carboxylic acids is 1. The third-order valence-corrected chi connectivity index (χ3v) is 6.08. The molecule has 3 rings (SSSR count). The van der Waals surface area contributed by atoms with Crippen LogP contribution in [0.25, 0.3) is 0 Å². The van der Waals surface area contributed by atoms with Crippen molar-refractivity contribution in [2.75, 3.05) is 4.72 Å². The van der Waals surface area contributed by atoms with Crippen LogP contribution >= 0.6 is 0 Å². The van der Waals surface area contributed by atoms with Gasteiger partial charge >= 0.3 is 0 Å². The predicted molar refractivity (Wildman–Crippen MR) is 118 cm³/mol. The maximum absolute atomic E-state index is 12.6. The summed E-state index contributed by atoms with van der Waals surface area (Å²) in [6.07, 6.45) is 0.812. The molecule has 0 saturated carbocycles. The second kappa shape index (κ2) is 10.0. The number of sulfonamides is 1. The minimum atomic E-state index is -3.71. The van der Waals surface area contributed by atoms with Gasteiger partial charge in [-0.1, -0.05) is 66.7 Å². The lowest BCUT2D eigenvalue weighted by Crippen LogP contribution is -2.25. The molecule has 0 aliphatic carbocycles. The molecular formula is C23H25N3O3S. The van der Waals surface area contributed by atoms with Crippen LogP contribution in [-0.4, -0.2) is 14.3 Å². The highest BCUT2D eigenvalue weighted by molar-refractivity contribution is 7.92. The Morgan fingerprint density at radius 2 is 1.47 bits per heavy atom. The van der Waals surface area contributed by atoms with Gasteiger partial charge in [0.2, 0.25) is 5.91 Å². The third kappa shape index (κ3) is 5.92. The molecule has 0 saturated heterocycles. The Morgan fingerprint density at radius 3 is 2.17 bits per heavy atom. The van der Waals surface area contributed by atoms with Crippen LogP contribution in [0, 0.1) is 0 Å². The molecule has 7 heteroatoms. The molecule has 0 aromatic heterocycles. The Labute approximate surface area is 177 Å². The molecule has 6 nitrogen and oxygen atoms in total. The van der Waals surface area contributed by atoms with E-state index in [0.29, 0.717) is 17.7 Å². The van der Waals surface area contributed by atoms with Crippen LogP contribution < -0.4 is 15.8 Å². The fourth-order valence-electron chi connectivity index (χ4n) is 3.01. The van der Waals surface area contributed by atoms with Crippen molar-refractivity contribution in [1.82, 2.24) is 5.32 Å². The van der Waals surface area contributed by atoms with E-state index in [1.807, 2.05) is 30.3 Å². The molecular weight excluding hydrogens is 398 g/mol. The summed E-state index contributed by atoms with van der Waals surface area (Å²) >= 11 is 0. The van der Waals surface area contributed by atoms with Crippen molar-refractivity contribution >= 4 is 21.6 Å². The summed E-state index contributed by atoms with van der Waals surface area (Å²) in [6, 6.07) is 24.6. The van der Waals surface area contributed by atoms with Crippen molar-refractivity contribution < 1.29 is 13.2 Å². The molecule has 0 aliphatic heterocycles. The van der Waals surface area contributed by atoms with Crippen molar-refractivity contribution in [3.63, 3.8) is 0 Å². The van der Waals surface area contributed by atoms with E-state index in [-0.39, 0.29) is 29.8 Å². The normalized spacial score (nSPS) is 12.2. The fourth-order valence-corrected chi connectivity index (χ4v) is 4.13. The number of nitrogens with two attached hydrogens (primary N) is 1. The van der Waals surface area contributed by atoms with Crippen molar-refractivity contribution in [2.45, 2.75) is 30.3 Å². The van der Waals surface area contributed by atoms with E-state index in [0.717, 1.165) is 5.56 Å². The Morgan fingerprint density at radius 1 is 0.867 bits per heavy atom. The second-order valence-corrected chi connectivity index (χ2v) is 8.59. The van der Waals surface area contributed by atoms with E-state index >= 15 is 0 Å². The van der Waals surface area contributed by atoms with Gasteiger partial charge in [0.05, 0.1) is 10.6 Å². The first-order valence-electron chi connectivity index (χ1n) is 9.69. The zero-order chi connectivity index (χ0) is 21.4. The topological polar surface area (TPSA) is 101 Å². The first-order chi connectivity index (χ1) is 14.5. The smallest absolute Gasteiger partial charge is 0.261 e. The molecule has 3 aromatic carbocycles. The molecule has 3 aromatic rings. The molecule has 4 N–H and O–H groups in total. The first kappa shape index (κ1) is 21.5. The van der Waals surface area contributed by atoms with E-state index in [1.165, 1.54) is 12.1 Å². The van der Waals surface area contributed by atoms with Gasteiger partial charge in [0.15, 0.2) is 0 Å². The number of anilines is 1. The molecule has 0 radical (unpaired) electrons.